The summed E-state index contributed by atoms with van der Waals surface area (Å²) in [4.78, 5) is 23.6. The van der Waals surface area contributed by atoms with Gasteiger partial charge in [-0.25, -0.2) is 9.59 Å². The second-order valence-corrected chi connectivity index (χ2v) is 5.25. The van der Waals surface area contributed by atoms with Crippen LogP contribution in [0.4, 0.5) is 10.5 Å². The zero-order chi connectivity index (χ0) is 14.5. The number of rotatable bonds is 4. The number of hydrogen-bond acceptors (Lipinski definition) is 3. The van der Waals surface area contributed by atoms with Crippen LogP contribution in [0.5, 0.6) is 0 Å². The molecule has 1 aromatic carbocycles. The lowest BCUT2D eigenvalue weighted by molar-refractivity contribution is -0.139. The van der Waals surface area contributed by atoms with Gasteiger partial charge in [-0.2, -0.15) is 0 Å². The number of halogens is 1. The highest BCUT2D eigenvalue weighted by molar-refractivity contribution is 7.10. The van der Waals surface area contributed by atoms with Crippen LogP contribution < -0.4 is 10.6 Å². The second kappa shape index (κ2) is 6.40. The summed E-state index contributed by atoms with van der Waals surface area (Å²) in [6.07, 6.45) is 0. The molecule has 1 unspecified atom stereocenters. The third-order valence-corrected chi connectivity index (χ3v) is 3.74. The van der Waals surface area contributed by atoms with Crippen molar-refractivity contribution in [2.24, 2.45) is 0 Å². The summed E-state index contributed by atoms with van der Waals surface area (Å²) in [5.74, 6) is -1.12. The Balaban J connectivity index is 2.06. The van der Waals surface area contributed by atoms with Gasteiger partial charge in [0.15, 0.2) is 6.04 Å². The number of carboxylic acids is 1. The zero-order valence-electron chi connectivity index (χ0n) is 10.2. The average Bonchev–Trinajstić information content (AvgIpc) is 2.92. The Bertz CT molecular complexity index is 616. The molecule has 104 valence electrons. The molecule has 1 aromatic heterocycles. The summed E-state index contributed by atoms with van der Waals surface area (Å²) in [7, 11) is 0. The van der Waals surface area contributed by atoms with Gasteiger partial charge < -0.3 is 15.7 Å². The molecule has 1 heterocycles. The smallest absolute Gasteiger partial charge is 0.331 e. The molecule has 0 spiro atoms. The van der Waals surface area contributed by atoms with Gasteiger partial charge in [0.2, 0.25) is 0 Å². The van der Waals surface area contributed by atoms with Crippen molar-refractivity contribution >= 4 is 40.6 Å². The van der Waals surface area contributed by atoms with Crippen LogP contribution in [0.25, 0.3) is 0 Å². The number of carboxylic acid groups (broad SMARTS) is 1. The Labute approximate surface area is 124 Å². The number of para-hydroxylation sites is 1. The van der Waals surface area contributed by atoms with Gasteiger partial charge in [-0.3, -0.25) is 0 Å². The first-order chi connectivity index (χ1) is 9.58. The highest BCUT2D eigenvalue weighted by Gasteiger charge is 2.23. The molecule has 0 aliphatic heterocycles. The van der Waals surface area contributed by atoms with Crippen molar-refractivity contribution in [1.29, 1.82) is 0 Å². The van der Waals surface area contributed by atoms with E-state index >= 15 is 0 Å². The van der Waals surface area contributed by atoms with Crippen LogP contribution in [0.3, 0.4) is 0 Å². The number of amides is 2. The fourth-order valence-electron chi connectivity index (χ4n) is 1.56. The maximum atomic E-state index is 11.8. The summed E-state index contributed by atoms with van der Waals surface area (Å²) in [5, 5.41) is 16.2. The fraction of sp³-hybridized carbons (Fsp3) is 0.0769. The Morgan fingerprint density at radius 2 is 1.95 bits per heavy atom. The summed E-state index contributed by atoms with van der Waals surface area (Å²) >= 11 is 7.17. The van der Waals surface area contributed by atoms with Crippen molar-refractivity contribution in [2.45, 2.75) is 6.04 Å². The van der Waals surface area contributed by atoms with E-state index < -0.39 is 18.0 Å². The standard InChI is InChI=1S/C13H11ClN2O3S/c14-8-4-1-2-5-9(8)15-13(19)16-11(12(17)18)10-6-3-7-20-10/h1-7,11H,(H,17,18)(H2,15,16,19). The van der Waals surface area contributed by atoms with E-state index in [0.29, 0.717) is 15.6 Å². The Kier molecular flexibility index (Phi) is 4.60. The molecule has 5 nitrogen and oxygen atoms in total. The largest absolute Gasteiger partial charge is 0.479 e. The first-order valence-corrected chi connectivity index (χ1v) is 6.92. The van der Waals surface area contributed by atoms with Gasteiger partial charge in [-0.1, -0.05) is 29.8 Å². The number of urea groups is 1. The first-order valence-electron chi connectivity index (χ1n) is 5.66. The summed E-state index contributed by atoms with van der Waals surface area (Å²) in [5.41, 5.74) is 0.419. The molecule has 0 saturated heterocycles. The molecule has 0 bridgehead atoms. The third-order valence-electron chi connectivity index (χ3n) is 2.47. The van der Waals surface area contributed by atoms with Crippen LogP contribution in [0.2, 0.25) is 5.02 Å². The van der Waals surface area contributed by atoms with Crippen LogP contribution in [0.15, 0.2) is 41.8 Å². The van der Waals surface area contributed by atoms with E-state index in [9.17, 15) is 9.59 Å². The molecule has 0 saturated carbocycles. The van der Waals surface area contributed by atoms with Crippen molar-refractivity contribution in [3.63, 3.8) is 0 Å². The molecule has 7 heteroatoms. The number of hydrogen-bond donors (Lipinski definition) is 3. The number of benzene rings is 1. The van der Waals surface area contributed by atoms with Gasteiger partial charge >= 0.3 is 12.0 Å². The number of carbonyl (C=O) groups excluding carboxylic acids is 1. The minimum Gasteiger partial charge on any atom is -0.479 e. The molecule has 2 rings (SSSR count). The van der Waals surface area contributed by atoms with E-state index in [0.717, 1.165) is 0 Å². The quantitative estimate of drug-likeness (QED) is 0.810. The summed E-state index contributed by atoms with van der Waals surface area (Å²) in [6, 6.07) is 8.37. The molecule has 0 aliphatic carbocycles. The van der Waals surface area contributed by atoms with Gasteiger partial charge in [0, 0.05) is 4.88 Å². The monoisotopic (exact) mass is 310 g/mol. The molecular weight excluding hydrogens is 300 g/mol. The van der Waals surface area contributed by atoms with Crippen molar-refractivity contribution in [1.82, 2.24) is 5.32 Å². The summed E-state index contributed by atoms with van der Waals surface area (Å²) in [6.45, 7) is 0. The Hall–Kier alpha value is -2.05. The van der Waals surface area contributed by atoms with Crippen molar-refractivity contribution in [3.05, 3.63) is 51.7 Å². The van der Waals surface area contributed by atoms with Crippen LogP contribution in [-0.2, 0) is 4.79 Å². The highest BCUT2D eigenvalue weighted by Crippen LogP contribution is 2.22. The van der Waals surface area contributed by atoms with Crippen LogP contribution >= 0.6 is 22.9 Å². The lowest BCUT2D eigenvalue weighted by atomic mass is 10.2. The van der Waals surface area contributed by atoms with Gasteiger partial charge in [0.1, 0.15) is 0 Å². The number of carbonyl (C=O) groups is 2. The molecule has 0 aliphatic rings. The van der Waals surface area contributed by atoms with Crippen molar-refractivity contribution in [2.75, 3.05) is 5.32 Å². The first kappa shape index (κ1) is 14.4. The van der Waals surface area contributed by atoms with Gasteiger partial charge in [-0.15, -0.1) is 11.3 Å². The predicted molar refractivity (Wildman–Crippen MR) is 78.3 cm³/mol. The Morgan fingerprint density at radius 1 is 1.20 bits per heavy atom. The average molecular weight is 311 g/mol. The SMILES string of the molecule is O=C(Nc1ccccc1Cl)NC(C(=O)O)c1cccs1. The van der Waals surface area contributed by atoms with Crippen LogP contribution in [0, 0.1) is 0 Å². The second-order valence-electron chi connectivity index (χ2n) is 3.86. The van der Waals surface area contributed by atoms with E-state index in [1.54, 1.807) is 41.8 Å². The fourth-order valence-corrected chi connectivity index (χ4v) is 2.51. The van der Waals surface area contributed by atoms with E-state index in [1.807, 2.05) is 0 Å². The molecule has 1 atom stereocenters. The van der Waals surface area contributed by atoms with Gasteiger partial charge in [0.05, 0.1) is 10.7 Å². The third kappa shape index (κ3) is 3.49. The number of nitrogens with one attached hydrogen (secondary N) is 2. The molecule has 20 heavy (non-hydrogen) atoms. The number of aliphatic carboxylic acids is 1. The number of thiophene rings is 1. The topological polar surface area (TPSA) is 78.4 Å². The zero-order valence-corrected chi connectivity index (χ0v) is 11.7. The van der Waals surface area contributed by atoms with Crippen molar-refractivity contribution < 1.29 is 14.7 Å². The molecule has 0 fully saturated rings. The van der Waals surface area contributed by atoms with Crippen LogP contribution in [-0.4, -0.2) is 17.1 Å². The van der Waals surface area contributed by atoms with Gasteiger partial charge in [-0.05, 0) is 23.6 Å². The van der Waals surface area contributed by atoms with E-state index in [2.05, 4.69) is 10.6 Å². The lowest BCUT2D eigenvalue weighted by Crippen LogP contribution is -2.36. The molecule has 2 amide bonds. The van der Waals surface area contributed by atoms with E-state index in [4.69, 9.17) is 16.7 Å². The highest BCUT2D eigenvalue weighted by atomic mass is 35.5. The lowest BCUT2D eigenvalue weighted by Gasteiger charge is -2.14. The minimum absolute atomic E-state index is 0.380. The van der Waals surface area contributed by atoms with Crippen LogP contribution in [0.1, 0.15) is 10.9 Å². The molecule has 3 N–H and O–H groups in total. The number of anilines is 1. The minimum atomic E-state index is -1.12. The predicted octanol–water partition coefficient (Wildman–Crippen LogP) is 3.35. The molecule has 2 aromatic rings. The molecule has 0 radical (unpaired) electrons. The van der Waals surface area contributed by atoms with Crippen molar-refractivity contribution in [3.8, 4) is 0 Å². The normalized spacial score (nSPS) is 11.7. The van der Waals surface area contributed by atoms with E-state index in [1.165, 1.54) is 11.3 Å². The Morgan fingerprint density at radius 3 is 2.55 bits per heavy atom. The molecular formula is C13H11ClN2O3S. The van der Waals surface area contributed by atoms with E-state index in [-0.39, 0.29) is 0 Å². The van der Waals surface area contributed by atoms with Gasteiger partial charge in [0.25, 0.3) is 0 Å². The maximum Gasteiger partial charge on any atom is 0.331 e. The summed E-state index contributed by atoms with van der Waals surface area (Å²) < 4.78 is 0. The maximum absolute atomic E-state index is 11.8.